The van der Waals surface area contributed by atoms with Crippen LogP contribution in [0.1, 0.15) is 10.4 Å². The zero-order chi connectivity index (χ0) is 15.9. The van der Waals surface area contributed by atoms with Crippen LogP contribution in [0.25, 0.3) is 0 Å². The number of hydrogen-bond acceptors (Lipinski definition) is 3. The second-order valence-corrected chi connectivity index (χ2v) is 6.60. The van der Waals surface area contributed by atoms with Crippen molar-refractivity contribution < 1.29 is 9.53 Å². The summed E-state index contributed by atoms with van der Waals surface area (Å²) < 4.78 is 5.92. The first-order chi connectivity index (χ1) is 10.6. The number of carbonyl (C=O) groups is 1. The van der Waals surface area contributed by atoms with Crippen LogP contribution in [-0.4, -0.2) is 24.5 Å². The van der Waals surface area contributed by atoms with E-state index in [1.807, 2.05) is 36.4 Å². The molecule has 1 amide bonds. The van der Waals surface area contributed by atoms with E-state index in [0.717, 1.165) is 20.5 Å². The molecule has 2 aromatic rings. The fraction of sp³-hybridized carbons (Fsp3) is 0.235. The van der Waals surface area contributed by atoms with Crippen LogP contribution >= 0.6 is 22.9 Å². The van der Waals surface area contributed by atoms with Gasteiger partial charge in [-0.3, -0.25) is 4.79 Å². The maximum Gasteiger partial charge on any atom is 0.227 e. The normalized spacial score (nSPS) is 10.3. The Labute approximate surface area is 139 Å². The fourth-order valence-corrected chi connectivity index (χ4v) is 3.21. The number of rotatable bonds is 7. The van der Waals surface area contributed by atoms with Gasteiger partial charge in [-0.2, -0.15) is 0 Å². The number of hydrogen-bond donors (Lipinski definition) is 0. The second kappa shape index (κ2) is 8.01. The van der Waals surface area contributed by atoms with Gasteiger partial charge in [0.05, 0.1) is 24.4 Å². The third-order valence-corrected chi connectivity index (χ3v) is 4.38. The lowest BCUT2D eigenvalue weighted by molar-refractivity contribution is -0.130. The minimum absolute atomic E-state index is 0.0534. The Morgan fingerprint density at radius 1 is 1.41 bits per heavy atom. The minimum atomic E-state index is 0.0534. The van der Waals surface area contributed by atoms with E-state index in [0.29, 0.717) is 19.5 Å². The van der Waals surface area contributed by atoms with Gasteiger partial charge >= 0.3 is 0 Å². The molecule has 0 saturated heterocycles. The van der Waals surface area contributed by atoms with Gasteiger partial charge in [0, 0.05) is 11.4 Å². The van der Waals surface area contributed by atoms with Gasteiger partial charge in [0.1, 0.15) is 5.75 Å². The van der Waals surface area contributed by atoms with Crippen molar-refractivity contribution in [1.82, 2.24) is 4.90 Å². The number of nitrogens with zero attached hydrogens (tertiary/aromatic N) is 1. The first kappa shape index (κ1) is 16.6. The molecular formula is C17H18ClNO2S. The lowest BCUT2D eigenvalue weighted by Crippen LogP contribution is -2.31. The van der Waals surface area contributed by atoms with Crippen LogP contribution in [0.2, 0.25) is 4.34 Å². The van der Waals surface area contributed by atoms with Crippen molar-refractivity contribution in [3.05, 3.63) is 63.8 Å². The molecule has 0 bridgehead atoms. The van der Waals surface area contributed by atoms with Crippen molar-refractivity contribution in [2.45, 2.75) is 13.0 Å². The van der Waals surface area contributed by atoms with Crippen molar-refractivity contribution in [1.29, 1.82) is 0 Å². The van der Waals surface area contributed by atoms with Crippen molar-refractivity contribution in [3.8, 4) is 5.75 Å². The maximum absolute atomic E-state index is 12.5. The molecule has 0 saturated carbocycles. The molecule has 1 aromatic heterocycles. The third-order valence-electron chi connectivity index (χ3n) is 3.17. The monoisotopic (exact) mass is 335 g/mol. The molecule has 3 nitrogen and oxygen atoms in total. The molecule has 1 heterocycles. The molecule has 0 unspecified atom stereocenters. The second-order valence-electron chi connectivity index (χ2n) is 4.80. The van der Waals surface area contributed by atoms with E-state index in [-0.39, 0.29) is 5.91 Å². The topological polar surface area (TPSA) is 29.5 Å². The first-order valence-corrected chi connectivity index (χ1v) is 8.07. The quantitative estimate of drug-likeness (QED) is 0.711. The highest BCUT2D eigenvalue weighted by Gasteiger charge is 2.14. The van der Waals surface area contributed by atoms with E-state index >= 15 is 0 Å². The predicted octanol–water partition coefficient (Wildman–Crippen LogP) is 4.17. The maximum atomic E-state index is 12.5. The first-order valence-electron chi connectivity index (χ1n) is 6.88. The molecule has 1 aromatic carbocycles. The smallest absolute Gasteiger partial charge is 0.227 e. The minimum Gasteiger partial charge on any atom is -0.497 e. The van der Waals surface area contributed by atoms with E-state index in [2.05, 4.69) is 6.58 Å². The molecule has 0 N–H and O–H groups in total. The predicted molar refractivity (Wildman–Crippen MR) is 91.6 cm³/mol. The largest absolute Gasteiger partial charge is 0.497 e. The van der Waals surface area contributed by atoms with E-state index in [1.165, 1.54) is 11.3 Å². The highest BCUT2D eigenvalue weighted by atomic mass is 35.5. The summed E-state index contributed by atoms with van der Waals surface area (Å²) in [6, 6.07) is 11.4. The molecule has 0 aliphatic carbocycles. The van der Waals surface area contributed by atoms with Gasteiger partial charge in [0.25, 0.3) is 0 Å². The van der Waals surface area contributed by atoms with Crippen LogP contribution in [0.4, 0.5) is 0 Å². The van der Waals surface area contributed by atoms with Gasteiger partial charge in [-0.1, -0.05) is 29.8 Å². The Morgan fingerprint density at radius 2 is 2.23 bits per heavy atom. The molecule has 22 heavy (non-hydrogen) atoms. The molecule has 0 spiro atoms. The molecule has 2 rings (SSSR count). The van der Waals surface area contributed by atoms with Crippen LogP contribution in [0, 0.1) is 0 Å². The Hall–Kier alpha value is -1.78. The number of methoxy groups -OCH3 is 1. The summed E-state index contributed by atoms with van der Waals surface area (Å²) in [6.07, 6.45) is 2.07. The molecule has 0 radical (unpaired) electrons. The Bertz CT molecular complexity index is 654. The summed E-state index contributed by atoms with van der Waals surface area (Å²) >= 11 is 7.43. The molecule has 5 heteroatoms. The molecule has 0 atom stereocenters. The zero-order valence-corrected chi connectivity index (χ0v) is 14.0. The molecule has 116 valence electrons. The van der Waals surface area contributed by atoms with Gasteiger partial charge in [-0.15, -0.1) is 17.9 Å². The van der Waals surface area contributed by atoms with Gasteiger partial charge in [-0.05, 0) is 29.8 Å². The van der Waals surface area contributed by atoms with Gasteiger partial charge < -0.3 is 9.64 Å². The van der Waals surface area contributed by atoms with E-state index < -0.39 is 0 Å². The Balaban J connectivity index is 2.06. The third kappa shape index (κ3) is 4.61. The van der Waals surface area contributed by atoms with Crippen LogP contribution in [0.3, 0.4) is 0 Å². The standard InChI is InChI=1S/C17H18ClNO2S/c1-3-9-19(12-15-7-8-16(18)22-15)17(20)11-13-5-4-6-14(10-13)21-2/h3-8,10H,1,9,11-12H2,2H3. The van der Waals surface area contributed by atoms with Gasteiger partial charge in [-0.25, -0.2) is 0 Å². The molecular weight excluding hydrogens is 318 g/mol. The lowest BCUT2D eigenvalue weighted by atomic mass is 10.1. The Kier molecular flexibility index (Phi) is 6.04. The number of thiophene rings is 1. The average Bonchev–Trinajstić information content (AvgIpc) is 2.92. The molecule has 0 fully saturated rings. The fourth-order valence-electron chi connectivity index (χ4n) is 2.10. The van der Waals surface area contributed by atoms with Crippen molar-refractivity contribution >= 4 is 28.8 Å². The Morgan fingerprint density at radius 3 is 2.86 bits per heavy atom. The highest BCUT2D eigenvalue weighted by Crippen LogP contribution is 2.23. The van der Waals surface area contributed by atoms with Crippen molar-refractivity contribution in [3.63, 3.8) is 0 Å². The van der Waals surface area contributed by atoms with Crippen LogP contribution < -0.4 is 4.74 Å². The van der Waals surface area contributed by atoms with Crippen LogP contribution in [-0.2, 0) is 17.8 Å². The molecule has 0 aliphatic rings. The SMILES string of the molecule is C=CCN(Cc1ccc(Cl)s1)C(=O)Cc1cccc(OC)c1. The van der Waals surface area contributed by atoms with Crippen molar-refractivity contribution in [2.24, 2.45) is 0 Å². The van der Waals surface area contributed by atoms with Crippen LogP contribution in [0.15, 0.2) is 49.1 Å². The van der Waals surface area contributed by atoms with E-state index in [1.54, 1.807) is 18.1 Å². The lowest BCUT2D eigenvalue weighted by Gasteiger charge is -2.20. The molecule has 0 aliphatic heterocycles. The summed E-state index contributed by atoms with van der Waals surface area (Å²) in [6.45, 7) is 4.79. The van der Waals surface area contributed by atoms with E-state index in [9.17, 15) is 4.79 Å². The summed E-state index contributed by atoms with van der Waals surface area (Å²) in [5.74, 6) is 0.809. The number of halogens is 1. The summed E-state index contributed by atoms with van der Waals surface area (Å²) in [5, 5.41) is 0. The van der Waals surface area contributed by atoms with E-state index in [4.69, 9.17) is 16.3 Å². The highest BCUT2D eigenvalue weighted by molar-refractivity contribution is 7.16. The zero-order valence-electron chi connectivity index (χ0n) is 12.4. The van der Waals surface area contributed by atoms with Gasteiger partial charge in [0.2, 0.25) is 5.91 Å². The number of amides is 1. The summed E-state index contributed by atoms with van der Waals surface area (Å²) in [7, 11) is 1.62. The van der Waals surface area contributed by atoms with Crippen molar-refractivity contribution in [2.75, 3.05) is 13.7 Å². The van der Waals surface area contributed by atoms with Crippen LogP contribution in [0.5, 0.6) is 5.75 Å². The number of ether oxygens (including phenoxy) is 1. The summed E-state index contributed by atoms with van der Waals surface area (Å²) in [4.78, 5) is 15.4. The summed E-state index contributed by atoms with van der Waals surface area (Å²) in [5.41, 5.74) is 0.933. The number of benzene rings is 1. The number of carbonyl (C=O) groups excluding carboxylic acids is 1. The average molecular weight is 336 g/mol. The van der Waals surface area contributed by atoms with Gasteiger partial charge in [0.15, 0.2) is 0 Å².